The minimum atomic E-state index is 0.517. The zero-order valence-corrected chi connectivity index (χ0v) is 30.3. The molecule has 6 aromatic rings. The molecule has 0 N–H and O–H groups in total. The van der Waals surface area contributed by atoms with E-state index in [1.54, 1.807) is 0 Å². The molecule has 0 saturated carbocycles. The molecule has 2 heteroatoms. The maximum Gasteiger partial charge on any atom is 0.0619 e. The topological polar surface area (TPSA) is 8.17 Å². The summed E-state index contributed by atoms with van der Waals surface area (Å²) in [5.74, 6) is 1.08. The van der Waals surface area contributed by atoms with Crippen LogP contribution in [0.1, 0.15) is 43.4 Å². The summed E-state index contributed by atoms with van der Waals surface area (Å²) < 4.78 is 2.34. The molecule has 0 fully saturated rings. The lowest BCUT2D eigenvalue weighted by Gasteiger charge is -2.27. The molecular weight excluding hydrogens is 641 g/mol. The molecule has 0 aliphatic heterocycles. The summed E-state index contributed by atoms with van der Waals surface area (Å²) in [4.78, 5) is 2.37. The number of nitrogens with zero attached hydrogens (tertiary/aromatic N) is 2. The molecule has 3 aliphatic rings. The lowest BCUT2D eigenvalue weighted by atomic mass is 9.88. The number of aromatic nitrogens is 1. The van der Waals surface area contributed by atoms with Gasteiger partial charge < -0.3 is 9.47 Å². The number of para-hydroxylation sites is 2. The number of fused-ring (bicyclic) bond motifs is 3. The number of anilines is 3. The lowest BCUT2D eigenvalue weighted by molar-refractivity contribution is 0.749. The van der Waals surface area contributed by atoms with Gasteiger partial charge in [-0.2, -0.15) is 0 Å². The summed E-state index contributed by atoms with van der Waals surface area (Å²) in [6.07, 6.45) is 22.2. The highest BCUT2D eigenvalue weighted by molar-refractivity contribution is 5.89. The molecule has 3 aliphatic carbocycles. The number of benzene rings is 5. The summed E-state index contributed by atoms with van der Waals surface area (Å²) >= 11 is 0. The molecule has 1 heterocycles. The first-order valence-corrected chi connectivity index (χ1v) is 18.8. The maximum absolute atomic E-state index is 3.69. The van der Waals surface area contributed by atoms with Crippen molar-refractivity contribution in [3.8, 4) is 5.69 Å². The van der Waals surface area contributed by atoms with Crippen molar-refractivity contribution in [1.29, 1.82) is 0 Å². The van der Waals surface area contributed by atoms with E-state index in [2.05, 4.69) is 211 Å². The van der Waals surface area contributed by atoms with Gasteiger partial charge in [0.15, 0.2) is 0 Å². The van der Waals surface area contributed by atoms with E-state index in [0.717, 1.165) is 57.3 Å². The van der Waals surface area contributed by atoms with Gasteiger partial charge in [-0.15, -0.1) is 5.73 Å². The van der Waals surface area contributed by atoms with Crippen LogP contribution in [0.3, 0.4) is 0 Å². The van der Waals surface area contributed by atoms with Crippen LogP contribution in [0.4, 0.5) is 17.1 Å². The second-order valence-corrected chi connectivity index (χ2v) is 14.4. The Bertz CT molecular complexity index is 2640. The monoisotopic (exact) mass is 682 g/mol. The molecule has 0 saturated heterocycles. The SMILES string of the molecule is CC1C=CC=C(c2ccc(N(c3ccc(C4=CC=c5c(c6ccccc6n5-c5ccccc5)=C=C4)cc3)c3ccc(C4=CC=CCC4C)cc3)cc2)C1. The average Bonchev–Trinajstić information content (AvgIpc) is 3.36. The quantitative estimate of drug-likeness (QED) is 0.163. The minimum Gasteiger partial charge on any atom is -0.311 e. The standard InChI is InChI=1S/C51H42N2/c1-36-11-10-13-42(35-36)40-21-29-45(30-22-40)52(46-31-23-41(24-32-46)47-16-7-6-12-37(47)2)44-27-19-38(20-28-44)39-25-33-49-48-17-8-9-18-50(48)53(51(49)34-26-39)43-14-4-3-5-15-43/h3-11,13-32,34,36-37H,12,35H2,1-2H3. The van der Waals surface area contributed by atoms with E-state index in [9.17, 15) is 0 Å². The Hall–Kier alpha value is -6.34. The molecule has 2 atom stereocenters. The Labute approximate surface area is 312 Å². The van der Waals surface area contributed by atoms with Crippen molar-refractivity contribution in [3.05, 3.63) is 203 Å². The molecule has 2 nitrogen and oxygen atoms in total. The highest BCUT2D eigenvalue weighted by atomic mass is 15.1. The zero-order chi connectivity index (χ0) is 35.7. The Morgan fingerprint density at radius 3 is 1.98 bits per heavy atom. The number of hydrogen-bond acceptors (Lipinski definition) is 1. The van der Waals surface area contributed by atoms with E-state index < -0.39 is 0 Å². The molecule has 1 aromatic heterocycles. The third-order valence-corrected chi connectivity index (χ3v) is 10.8. The van der Waals surface area contributed by atoms with Crippen LogP contribution >= 0.6 is 0 Å². The van der Waals surface area contributed by atoms with Crippen molar-refractivity contribution in [2.75, 3.05) is 4.90 Å². The normalized spacial score (nSPS) is 17.6. The second kappa shape index (κ2) is 14.0. The third kappa shape index (κ3) is 6.29. The minimum absolute atomic E-state index is 0.517. The molecule has 53 heavy (non-hydrogen) atoms. The number of hydrogen-bond donors (Lipinski definition) is 0. The van der Waals surface area contributed by atoms with Crippen molar-refractivity contribution in [3.63, 3.8) is 0 Å². The van der Waals surface area contributed by atoms with Crippen molar-refractivity contribution >= 4 is 56.5 Å². The zero-order valence-electron chi connectivity index (χ0n) is 30.3. The van der Waals surface area contributed by atoms with Gasteiger partial charge in [0, 0.05) is 33.4 Å². The molecule has 0 radical (unpaired) electrons. The number of rotatable bonds is 7. The molecule has 9 rings (SSSR count). The van der Waals surface area contributed by atoms with Crippen LogP contribution in [0.2, 0.25) is 0 Å². The fourth-order valence-corrected chi connectivity index (χ4v) is 8.03. The van der Waals surface area contributed by atoms with E-state index in [1.807, 2.05) is 0 Å². The van der Waals surface area contributed by atoms with Crippen LogP contribution in [0.5, 0.6) is 0 Å². The molecule has 0 bridgehead atoms. The first kappa shape index (κ1) is 32.6. The predicted octanol–water partition coefficient (Wildman–Crippen LogP) is 11.9. The van der Waals surface area contributed by atoms with Gasteiger partial charge in [0.05, 0.1) is 10.9 Å². The summed E-state index contributed by atoms with van der Waals surface area (Å²) in [6, 6.07) is 46.4. The Balaban J connectivity index is 1.09. The van der Waals surface area contributed by atoms with E-state index in [-0.39, 0.29) is 0 Å². The number of allylic oxidation sites excluding steroid dienone is 11. The summed E-state index contributed by atoms with van der Waals surface area (Å²) in [6.45, 7) is 4.60. The molecular formula is C51H42N2. The fourth-order valence-electron chi connectivity index (χ4n) is 8.03. The summed E-state index contributed by atoms with van der Waals surface area (Å²) in [5, 5.41) is 3.46. The van der Waals surface area contributed by atoms with Crippen molar-refractivity contribution in [2.24, 2.45) is 11.8 Å². The van der Waals surface area contributed by atoms with E-state index in [1.165, 1.54) is 33.2 Å². The van der Waals surface area contributed by atoms with Crippen LogP contribution in [-0.4, -0.2) is 4.57 Å². The molecule has 5 aromatic carbocycles. The van der Waals surface area contributed by atoms with Crippen molar-refractivity contribution < 1.29 is 0 Å². The smallest absolute Gasteiger partial charge is 0.0619 e. The average molecular weight is 683 g/mol. The van der Waals surface area contributed by atoms with Crippen LogP contribution in [-0.2, 0) is 0 Å². The van der Waals surface area contributed by atoms with Gasteiger partial charge in [-0.25, -0.2) is 0 Å². The Kier molecular flexibility index (Phi) is 8.60. The third-order valence-electron chi connectivity index (χ3n) is 10.8. The largest absolute Gasteiger partial charge is 0.311 e. The maximum atomic E-state index is 3.69. The van der Waals surface area contributed by atoms with Gasteiger partial charge in [0.2, 0.25) is 0 Å². The molecule has 256 valence electrons. The Morgan fingerprint density at radius 2 is 1.28 bits per heavy atom. The highest BCUT2D eigenvalue weighted by Gasteiger charge is 2.17. The van der Waals surface area contributed by atoms with Gasteiger partial charge >= 0.3 is 0 Å². The fraction of sp³-hybridized carbons (Fsp3) is 0.118. The molecule has 0 spiro atoms. The van der Waals surface area contributed by atoms with Crippen LogP contribution in [0.15, 0.2) is 176 Å². The first-order valence-electron chi connectivity index (χ1n) is 18.8. The Morgan fingerprint density at radius 1 is 0.623 bits per heavy atom. The van der Waals surface area contributed by atoms with E-state index >= 15 is 0 Å². The van der Waals surface area contributed by atoms with Gasteiger partial charge in [0.1, 0.15) is 0 Å². The van der Waals surface area contributed by atoms with Crippen LogP contribution < -0.4 is 15.5 Å². The van der Waals surface area contributed by atoms with Gasteiger partial charge in [-0.05, 0) is 125 Å². The van der Waals surface area contributed by atoms with Gasteiger partial charge in [-0.1, -0.05) is 129 Å². The van der Waals surface area contributed by atoms with Crippen LogP contribution in [0.25, 0.3) is 45.1 Å². The molecule has 0 amide bonds. The summed E-state index contributed by atoms with van der Waals surface area (Å²) in [5.41, 5.74) is 17.1. The van der Waals surface area contributed by atoms with Crippen molar-refractivity contribution in [2.45, 2.75) is 26.7 Å². The van der Waals surface area contributed by atoms with Gasteiger partial charge in [0.25, 0.3) is 0 Å². The highest BCUT2D eigenvalue weighted by Crippen LogP contribution is 2.38. The summed E-state index contributed by atoms with van der Waals surface area (Å²) in [7, 11) is 0. The first-order chi connectivity index (χ1) is 26.1. The van der Waals surface area contributed by atoms with Crippen LogP contribution in [0, 0.1) is 11.8 Å². The van der Waals surface area contributed by atoms with E-state index in [4.69, 9.17) is 0 Å². The second-order valence-electron chi connectivity index (χ2n) is 14.4. The van der Waals surface area contributed by atoms with Gasteiger partial charge in [-0.3, -0.25) is 0 Å². The van der Waals surface area contributed by atoms with Crippen molar-refractivity contribution in [1.82, 2.24) is 4.57 Å². The van der Waals surface area contributed by atoms with E-state index in [0.29, 0.717) is 11.8 Å². The lowest BCUT2D eigenvalue weighted by Crippen LogP contribution is -2.27. The molecule has 2 unspecified atom stereocenters. The predicted molar refractivity (Wildman–Crippen MR) is 226 cm³/mol.